The highest BCUT2D eigenvalue weighted by Gasteiger charge is 2.11. The molecular formula is C15H15ClFN3O. The van der Waals surface area contributed by atoms with E-state index in [2.05, 4.69) is 10.5 Å². The van der Waals surface area contributed by atoms with Gasteiger partial charge in [0.05, 0.1) is 5.56 Å². The third-order valence-electron chi connectivity index (χ3n) is 3.12. The summed E-state index contributed by atoms with van der Waals surface area (Å²) < 4.78 is 14.2. The molecule has 2 aromatic carbocycles. The fourth-order valence-electron chi connectivity index (χ4n) is 1.87. The minimum atomic E-state index is -0.515. The van der Waals surface area contributed by atoms with Gasteiger partial charge in [0.25, 0.3) is 0 Å². The van der Waals surface area contributed by atoms with Crippen LogP contribution in [0.25, 0.3) is 0 Å². The van der Waals surface area contributed by atoms with Crippen molar-refractivity contribution in [2.24, 2.45) is 10.9 Å². The molecule has 0 aliphatic heterocycles. The van der Waals surface area contributed by atoms with Crippen molar-refractivity contribution in [2.75, 3.05) is 5.32 Å². The van der Waals surface area contributed by atoms with Crippen molar-refractivity contribution in [2.45, 2.75) is 13.5 Å². The molecule has 110 valence electrons. The van der Waals surface area contributed by atoms with Gasteiger partial charge in [-0.3, -0.25) is 0 Å². The molecule has 2 rings (SSSR count). The molecule has 0 radical (unpaired) electrons. The molecule has 0 aliphatic rings. The van der Waals surface area contributed by atoms with Crippen LogP contribution in [0.4, 0.5) is 10.1 Å². The van der Waals surface area contributed by atoms with E-state index >= 15 is 0 Å². The van der Waals surface area contributed by atoms with E-state index in [0.717, 1.165) is 11.3 Å². The van der Waals surface area contributed by atoms with E-state index in [1.807, 2.05) is 19.1 Å². The third kappa shape index (κ3) is 3.44. The first-order valence-corrected chi connectivity index (χ1v) is 6.66. The quantitative estimate of drug-likeness (QED) is 0.350. The largest absolute Gasteiger partial charge is 0.409 e. The first-order chi connectivity index (χ1) is 10.0. The fraction of sp³-hybridized carbons (Fsp3) is 0.133. The van der Waals surface area contributed by atoms with E-state index < -0.39 is 5.82 Å². The van der Waals surface area contributed by atoms with Crippen molar-refractivity contribution >= 4 is 23.1 Å². The van der Waals surface area contributed by atoms with Gasteiger partial charge < -0.3 is 16.3 Å². The van der Waals surface area contributed by atoms with Crippen molar-refractivity contribution in [1.29, 1.82) is 0 Å². The summed E-state index contributed by atoms with van der Waals surface area (Å²) in [6.45, 7) is 2.17. The fourth-order valence-corrected chi connectivity index (χ4v) is 2.05. The molecule has 0 bridgehead atoms. The topological polar surface area (TPSA) is 70.6 Å². The Morgan fingerprint density at radius 1 is 1.38 bits per heavy atom. The van der Waals surface area contributed by atoms with Gasteiger partial charge in [-0.25, -0.2) is 4.39 Å². The average Bonchev–Trinajstić information content (AvgIpc) is 2.49. The van der Waals surface area contributed by atoms with Crippen molar-refractivity contribution in [3.8, 4) is 0 Å². The van der Waals surface area contributed by atoms with Crippen LogP contribution >= 0.6 is 11.6 Å². The molecule has 0 spiro atoms. The van der Waals surface area contributed by atoms with Crippen LogP contribution in [0, 0.1) is 12.7 Å². The zero-order chi connectivity index (χ0) is 15.4. The Bertz CT molecular complexity index is 689. The number of hydrogen-bond donors (Lipinski definition) is 3. The Labute approximate surface area is 127 Å². The van der Waals surface area contributed by atoms with E-state index in [0.29, 0.717) is 10.6 Å². The minimum absolute atomic E-state index is 0.0683. The lowest BCUT2D eigenvalue weighted by molar-refractivity contribution is 0.318. The van der Waals surface area contributed by atoms with Crippen LogP contribution in [0.5, 0.6) is 0 Å². The summed E-state index contributed by atoms with van der Waals surface area (Å²) in [4.78, 5) is 0. The highest BCUT2D eigenvalue weighted by Crippen LogP contribution is 2.21. The van der Waals surface area contributed by atoms with Crippen molar-refractivity contribution in [3.63, 3.8) is 0 Å². The smallest absolute Gasteiger partial charge is 0.173 e. The van der Waals surface area contributed by atoms with Crippen LogP contribution < -0.4 is 11.1 Å². The molecule has 0 heterocycles. The minimum Gasteiger partial charge on any atom is -0.409 e. The molecule has 0 saturated carbocycles. The number of hydrogen-bond acceptors (Lipinski definition) is 3. The molecular weight excluding hydrogens is 293 g/mol. The van der Waals surface area contributed by atoms with Crippen LogP contribution in [-0.2, 0) is 6.54 Å². The van der Waals surface area contributed by atoms with Gasteiger partial charge in [0.1, 0.15) is 5.82 Å². The SMILES string of the molecule is Cc1ccc(NCc2cccc(/C(N)=N/O)c2F)cc1Cl. The normalized spacial score (nSPS) is 11.5. The van der Waals surface area contributed by atoms with Gasteiger partial charge in [-0.15, -0.1) is 0 Å². The standard InChI is InChI=1S/C15H15ClFN3O/c1-9-5-6-11(7-13(9)16)19-8-10-3-2-4-12(14(10)17)15(18)20-21/h2-7,19,21H,8H2,1H3,(H2,18,20). The second-order valence-electron chi connectivity index (χ2n) is 4.58. The summed E-state index contributed by atoms with van der Waals surface area (Å²) in [7, 11) is 0. The lowest BCUT2D eigenvalue weighted by atomic mass is 10.1. The number of oxime groups is 1. The monoisotopic (exact) mass is 307 g/mol. The predicted molar refractivity (Wildman–Crippen MR) is 82.4 cm³/mol. The van der Waals surface area contributed by atoms with Gasteiger partial charge >= 0.3 is 0 Å². The molecule has 0 aromatic heterocycles. The van der Waals surface area contributed by atoms with Crippen LogP contribution in [0.2, 0.25) is 5.02 Å². The first kappa shape index (κ1) is 15.1. The predicted octanol–water partition coefficient (Wildman–Crippen LogP) is 3.49. The van der Waals surface area contributed by atoms with E-state index in [-0.39, 0.29) is 17.9 Å². The van der Waals surface area contributed by atoms with Gasteiger partial charge in [0.15, 0.2) is 5.84 Å². The van der Waals surface area contributed by atoms with E-state index in [4.69, 9.17) is 22.5 Å². The highest BCUT2D eigenvalue weighted by molar-refractivity contribution is 6.31. The molecule has 0 unspecified atom stereocenters. The van der Waals surface area contributed by atoms with E-state index in [1.54, 1.807) is 18.2 Å². The summed E-state index contributed by atoms with van der Waals surface area (Å²) in [6.07, 6.45) is 0. The van der Waals surface area contributed by atoms with Gasteiger partial charge in [-0.2, -0.15) is 0 Å². The molecule has 0 saturated heterocycles. The average molecular weight is 308 g/mol. The lowest BCUT2D eigenvalue weighted by Gasteiger charge is -2.10. The second kappa shape index (κ2) is 6.45. The van der Waals surface area contributed by atoms with Crippen molar-refractivity contribution in [1.82, 2.24) is 0 Å². The molecule has 6 heteroatoms. The molecule has 2 aromatic rings. The Morgan fingerprint density at radius 2 is 2.14 bits per heavy atom. The van der Waals surface area contributed by atoms with Gasteiger partial charge in [-0.05, 0) is 30.7 Å². The van der Waals surface area contributed by atoms with Gasteiger partial charge in [0.2, 0.25) is 0 Å². The van der Waals surface area contributed by atoms with E-state index in [1.165, 1.54) is 6.07 Å². The Morgan fingerprint density at radius 3 is 2.81 bits per heavy atom. The first-order valence-electron chi connectivity index (χ1n) is 6.28. The number of anilines is 1. The molecule has 4 N–H and O–H groups in total. The summed E-state index contributed by atoms with van der Waals surface area (Å²) in [5.41, 5.74) is 7.68. The van der Waals surface area contributed by atoms with Crippen LogP contribution in [0.3, 0.4) is 0 Å². The van der Waals surface area contributed by atoms with E-state index in [9.17, 15) is 4.39 Å². The summed E-state index contributed by atoms with van der Waals surface area (Å²) >= 11 is 6.04. The van der Waals surface area contributed by atoms with Crippen molar-refractivity contribution < 1.29 is 9.60 Å². The zero-order valence-electron chi connectivity index (χ0n) is 11.4. The molecule has 21 heavy (non-hydrogen) atoms. The molecule has 0 amide bonds. The van der Waals surface area contributed by atoms with Crippen molar-refractivity contribution in [3.05, 3.63) is 63.9 Å². The van der Waals surface area contributed by atoms with Gasteiger partial charge in [0, 0.05) is 22.8 Å². The number of nitrogens with zero attached hydrogens (tertiary/aromatic N) is 1. The molecule has 0 fully saturated rings. The Balaban J connectivity index is 2.18. The van der Waals surface area contributed by atoms with Gasteiger partial charge in [-0.1, -0.05) is 35.0 Å². The highest BCUT2D eigenvalue weighted by atomic mass is 35.5. The zero-order valence-corrected chi connectivity index (χ0v) is 12.2. The van der Waals surface area contributed by atoms with Crippen LogP contribution in [0.15, 0.2) is 41.6 Å². The summed E-state index contributed by atoms with van der Waals surface area (Å²) in [5, 5.41) is 15.2. The van der Waals surface area contributed by atoms with Crippen LogP contribution in [0.1, 0.15) is 16.7 Å². The number of aryl methyl sites for hydroxylation is 1. The maximum Gasteiger partial charge on any atom is 0.173 e. The molecule has 4 nitrogen and oxygen atoms in total. The number of benzene rings is 2. The maximum atomic E-state index is 14.2. The number of rotatable bonds is 4. The molecule has 0 atom stereocenters. The number of nitrogens with one attached hydrogen (secondary N) is 1. The number of halogens is 2. The summed E-state index contributed by atoms with van der Waals surface area (Å²) in [6, 6.07) is 10.3. The molecule has 0 aliphatic carbocycles. The second-order valence-corrected chi connectivity index (χ2v) is 4.99. The Hall–Kier alpha value is -2.27. The maximum absolute atomic E-state index is 14.2. The third-order valence-corrected chi connectivity index (χ3v) is 3.52. The Kier molecular flexibility index (Phi) is 4.65. The lowest BCUT2D eigenvalue weighted by Crippen LogP contribution is -2.16. The number of nitrogens with two attached hydrogens (primary N) is 1. The van der Waals surface area contributed by atoms with Crippen LogP contribution in [-0.4, -0.2) is 11.0 Å². The number of amidine groups is 1. The summed E-state index contributed by atoms with van der Waals surface area (Å²) in [5.74, 6) is -0.772.